The Balaban J connectivity index is 2.11. The molecule has 2 aromatic rings. The zero-order valence-electron chi connectivity index (χ0n) is 20.2. The van der Waals surface area contributed by atoms with E-state index >= 15 is 0 Å². The zero-order valence-corrected chi connectivity index (χ0v) is 20.2. The number of rotatable bonds is 9. The molecular formula is C27H37FN2O2. The molecule has 2 aromatic carbocycles. The van der Waals surface area contributed by atoms with Crippen molar-refractivity contribution in [3.8, 4) is 0 Å². The van der Waals surface area contributed by atoms with Crippen LogP contribution in [0.1, 0.15) is 64.7 Å². The Morgan fingerprint density at radius 2 is 1.50 bits per heavy atom. The van der Waals surface area contributed by atoms with Crippen LogP contribution in [0.25, 0.3) is 0 Å². The summed E-state index contributed by atoms with van der Waals surface area (Å²) in [6.45, 7) is 13.1. The smallest absolute Gasteiger partial charge is 0.242 e. The zero-order chi connectivity index (χ0) is 23.9. The number of nitrogens with zero attached hydrogens (tertiary/aromatic N) is 1. The lowest BCUT2D eigenvalue weighted by Gasteiger charge is -2.29. The number of carbonyl (C=O) groups is 2. The highest BCUT2D eigenvalue weighted by Gasteiger charge is 2.26. The van der Waals surface area contributed by atoms with Crippen molar-refractivity contribution in [2.45, 2.75) is 72.4 Å². The molecule has 1 atom stereocenters. The van der Waals surface area contributed by atoms with Crippen LogP contribution in [0.5, 0.6) is 0 Å². The van der Waals surface area contributed by atoms with E-state index in [2.05, 4.69) is 50.4 Å². The van der Waals surface area contributed by atoms with Crippen LogP contribution >= 0.6 is 0 Å². The molecule has 0 aliphatic heterocycles. The summed E-state index contributed by atoms with van der Waals surface area (Å²) in [5.41, 5.74) is 3.21. The van der Waals surface area contributed by atoms with Gasteiger partial charge in [0.05, 0.1) is 0 Å². The summed E-state index contributed by atoms with van der Waals surface area (Å²) in [7, 11) is 0. The number of nitrogens with one attached hydrogen (secondary N) is 1. The Labute approximate surface area is 192 Å². The molecule has 4 nitrogen and oxygen atoms in total. The highest BCUT2D eigenvalue weighted by atomic mass is 19.1. The Morgan fingerprint density at radius 3 is 2.03 bits per heavy atom. The Bertz CT molecular complexity index is 883. The van der Waals surface area contributed by atoms with Gasteiger partial charge in [-0.15, -0.1) is 0 Å². The quantitative estimate of drug-likeness (QED) is 0.579. The van der Waals surface area contributed by atoms with Crippen LogP contribution in [0.3, 0.4) is 0 Å². The molecule has 0 aliphatic rings. The van der Waals surface area contributed by atoms with Gasteiger partial charge in [0.2, 0.25) is 11.8 Å². The molecule has 2 rings (SSSR count). The molecule has 0 bridgehead atoms. The number of hydrogen-bond donors (Lipinski definition) is 1. The van der Waals surface area contributed by atoms with Gasteiger partial charge in [0, 0.05) is 19.5 Å². The molecule has 0 aromatic heterocycles. The molecule has 2 amide bonds. The van der Waals surface area contributed by atoms with Gasteiger partial charge in [-0.3, -0.25) is 9.59 Å². The van der Waals surface area contributed by atoms with Crippen LogP contribution in [-0.2, 0) is 28.0 Å². The van der Waals surface area contributed by atoms with Crippen molar-refractivity contribution in [1.82, 2.24) is 10.2 Å². The lowest BCUT2D eigenvalue weighted by molar-refractivity contribution is -0.140. The van der Waals surface area contributed by atoms with Gasteiger partial charge in [-0.1, -0.05) is 71.0 Å². The highest BCUT2D eigenvalue weighted by molar-refractivity contribution is 5.87. The molecule has 174 valence electrons. The number of carbonyl (C=O) groups excluding carboxylic acids is 2. The SMILES string of the molecule is CC(C)CNC(=O)C(C)N(Cc1ccc(F)cc1)C(=O)CCc1ccc(C(C)(C)C)cc1. The second-order valence-electron chi connectivity index (χ2n) is 9.91. The van der Waals surface area contributed by atoms with E-state index in [9.17, 15) is 14.0 Å². The second kappa shape index (κ2) is 11.3. The molecule has 0 spiro atoms. The van der Waals surface area contributed by atoms with Crippen molar-refractivity contribution < 1.29 is 14.0 Å². The summed E-state index contributed by atoms with van der Waals surface area (Å²) >= 11 is 0. The monoisotopic (exact) mass is 440 g/mol. The third-order valence-electron chi connectivity index (χ3n) is 5.57. The average molecular weight is 441 g/mol. The van der Waals surface area contributed by atoms with Crippen LogP contribution in [0.2, 0.25) is 0 Å². The molecule has 1 unspecified atom stereocenters. The predicted molar refractivity (Wildman–Crippen MR) is 128 cm³/mol. The predicted octanol–water partition coefficient (Wildman–Crippen LogP) is 5.25. The number of aryl methyl sites for hydroxylation is 1. The van der Waals surface area contributed by atoms with Crippen LogP contribution < -0.4 is 5.32 Å². The molecule has 0 fully saturated rings. The van der Waals surface area contributed by atoms with E-state index in [1.165, 1.54) is 17.7 Å². The van der Waals surface area contributed by atoms with E-state index in [0.717, 1.165) is 11.1 Å². The minimum absolute atomic E-state index is 0.0824. The van der Waals surface area contributed by atoms with Gasteiger partial charge in [-0.2, -0.15) is 0 Å². The average Bonchev–Trinajstić information content (AvgIpc) is 2.74. The first kappa shape index (κ1) is 25.6. The van der Waals surface area contributed by atoms with Gasteiger partial charge in [0.15, 0.2) is 0 Å². The number of amides is 2. The van der Waals surface area contributed by atoms with Crippen molar-refractivity contribution in [2.24, 2.45) is 5.92 Å². The molecule has 0 heterocycles. The number of halogens is 1. The molecule has 0 saturated heterocycles. The van der Waals surface area contributed by atoms with Gasteiger partial charge in [-0.05, 0) is 53.5 Å². The van der Waals surface area contributed by atoms with Crippen molar-refractivity contribution in [1.29, 1.82) is 0 Å². The first-order valence-electron chi connectivity index (χ1n) is 11.4. The fraction of sp³-hybridized carbons (Fsp3) is 0.481. The topological polar surface area (TPSA) is 49.4 Å². The van der Waals surface area contributed by atoms with Gasteiger partial charge in [0.1, 0.15) is 11.9 Å². The first-order valence-corrected chi connectivity index (χ1v) is 11.4. The molecule has 0 radical (unpaired) electrons. The van der Waals surface area contributed by atoms with Crippen molar-refractivity contribution in [3.63, 3.8) is 0 Å². The van der Waals surface area contributed by atoms with E-state index in [0.29, 0.717) is 25.3 Å². The third kappa shape index (κ3) is 7.77. The Morgan fingerprint density at radius 1 is 0.938 bits per heavy atom. The van der Waals surface area contributed by atoms with Gasteiger partial charge in [-0.25, -0.2) is 4.39 Å². The lowest BCUT2D eigenvalue weighted by Crippen LogP contribution is -2.48. The maximum absolute atomic E-state index is 13.3. The minimum Gasteiger partial charge on any atom is -0.354 e. The minimum atomic E-state index is -0.616. The largest absolute Gasteiger partial charge is 0.354 e. The number of hydrogen-bond acceptors (Lipinski definition) is 2. The van der Waals surface area contributed by atoms with E-state index in [-0.39, 0.29) is 29.6 Å². The second-order valence-corrected chi connectivity index (χ2v) is 9.91. The van der Waals surface area contributed by atoms with Gasteiger partial charge < -0.3 is 10.2 Å². The Kier molecular flexibility index (Phi) is 8.99. The summed E-state index contributed by atoms with van der Waals surface area (Å²) in [4.78, 5) is 27.4. The fourth-order valence-electron chi connectivity index (χ4n) is 3.39. The first-order chi connectivity index (χ1) is 15.0. The maximum atomic E-state index is 13.3. The maximum Gasteiger partial charge on any atom is 0.242 e. The van der Waals surface area contributed by atoms with Crippen LogP contribution in [0.15, 0.2) is 48.5 Å². The summed E-state index contributed by atoms with van der Waals surface area (Å²) in [6.07, 6.45) is 0.904. The molecule has 0 aliphatic carbocycles. The molecular weight excluding hydrogens is 403 g/mol. The molecule has 1 N–H and O–H groups in total. The molecule has 5 heteroatoms. The standard InChI is InChI=1S/C27H37FN2O2/c1-19(2)17-29-26(32)20(3)30(18-22-9-14-24(28)15-10-22)25(31)16-11-21-7-12-23(13-8-21)27(4,5)6/h7-10,12-15,19-20H,11,16-18H2,1-6H3,(H,29,32). The van der Waals surface area contributed by atoms with Crippen LogP contribution in [0, 0.1) is 11.7 Å². The van der Waals surface area contributed by atoms with E-state index in [1.807, 2.05) is 13.8 Å². The van der Waals surface area contributed by atoms with Gasteiger partial charge >= 0.3 is 0 Å². The van der Waals surface area contributed by atoms with Crippen LogP contribution in [0.4, 0.5) is 4.39 Å². The normalized spacial score (nSPS) is 12.5. The van der Waals surface area contributed by atoms with E-state index in [1.54, 1.807) is 24.0 Å². The highest BCUT2D eigenvalue weighted by Crippen LogP contribution is 2.22. The summed E-state index contributed by atoms with van der Waals surface area (Å²) in [5, 5.41) is 2.91. The Hall–Kier alpha value is -2.69. The lowest BCUT2D eigenvalue weighted by atomic mass is 9.86. The van der Waals surface area contributed by atoms with E-state index < -0.39 is 6.04 Å². The molecule has 0 saturated carbocycles. The third-order valence-corrected chi connectivity index (χ3v) is 5.57. The molecule has 32 heavy (non-hydrogen) atoms. The van der Waals surface area contributed by atoms with Crippen molar-refractivity contribution in [2.75, 3.05) is 6.54 Å². The fourth-order valence-corrected chi connectivity index (χ4v) is 3.39. The van der Waals surface area contributed by atoms with Crippen LogP contribution in [-0.4, -0.2) is 29.3 Å². The van der Waals surface area contributed by atoms with E-state index in [4.69, 9.17) is 0 Å². The summed E-state index contributed by atoms with van der Waals surface area (Å²) < 4.78 is 13.3. The van der Waals surface area contributed by atoms with Gasteiger partial charge in [0.25, 0.3) is 0 Å². The van der Waals surface area contributed by atoms with Crippen molar-refractivity contribution >= 4 is 11.8 Å². The van der Waals surface area contributed by atoms with Crippen molar-refractivity contribution in [3.05, 3.63) is 71.0 Å². The summed E-state index contributed by atoms with van der Waals surface area (Å²) in [6, 6.07) is 13.8. The summed E-state index contributed by atoms with van der Waals surface area (Å²) in [5.74, 6) is -0.276. The number of benzene rings is 2.